The van der Waals surface area contributed by atoms with Gasteiger partial charge in [-0.25, -0.2) is 0 Å². The van der Waals surface area contributed by atoms with Gasteiger partial charge in [0.05, 0.1) is 17.3 Å². The van der Waals surface area contributed by atoms with Gasteiger partial charge in [-0.05, 0) is 25.0 Å². The molecule has 27 heavy (non-hydrogen) atoms. The molecule has 2 heterocycles. The van der Waals surface area contributed by atoms with Crippen molar-refractivity contribution in [3.05, 3.63) is 29.6 Å². The minimum Gasteiger partial charge on any atom is -0.396 e. The van der Waals surface area contributed by atoms with Crippen molar-refractivity contribution in [1.82, 2.24) is 20.9 Å². The monoisotopic (exact) mass is 376 g/mol. The van der Waals surface area contributed by atoms with Crippen LogP contribution in [-0.2, 0) is 0 Å². The maximum atomic E-state index is 12.6. The van der Waals surface area contributed by atoms with Gasteiger partial charge < -0.3 is 21.1 Å². The predicted octanol–water partition coefficient (Wildman–Crippen LogP) is 2.55. The summed E-state index contributed by atoms with van der Waals surface area (Å²) in [5, 5.41) is 18.6. The number of hydrogen-bond donors (Lipinski definition) is 4. The molecule has 0 aliphatic carbocycles. The number of hydrogen-bond acceptors (Lipinski definition) is 5. The summed E-state index contributed by atoms with van der Waals surface area (Å²) < 4.78 is 0. The predicted molar refractivity (Wildman–Crippen MR) is 109 cm³/mol. The molecule has 1 fully saturated rings. The summed E-state index contributed by atoms with van der Waals surface area (Å²) in [5.74, 6) is -0.0191. The van der Waals surface area contributed by atoms with Crippen molar-refractivity contribution in [2.75, 3.05) is 32.8 Å². The first-order valence-corrected chi connectivity index (χ1v) is 10.6. The molecule has 1 aliphatic heterocycles. The molecular weight excluding hydrogens is 340 g/mol. The summed E-state index contributed by atoms with van der Waals surface area (Å²) in [6, 6.07) is 3.79. The molecule has 0 radical (unpaired) electrons. The van der Waals surface area contributed by atoms with Crippen molar-refractivity contribution in [2.45, 2.75) is 63.8 Å². The van der Waals surface area contributed by atoms with Crippen molar-refractivity contribution >= 4 is 5.91 Å². The van der Waals surface area contributed by atoms with E-state index in [4.69, 9.17) is 5.11 Å². The second kappa shape index (κ2) is 13.6. The van der Waals surface area contributed by atoms with E-state index in [0.29, 0.717) is 12.2 Å². The number of carbonyl (C=O) groups excluding carboxylic acids is 1. The molecule has 1 aromatic rings. The van der Waals surface area contributed by atoms with E-state index in [1.165, 1.54) is 32.1 Å². The Morgan fingerprint density at radius 1 is 1.07 bits per heavy atom. The Labute approximate surface area is 163 Å². The lowest BCUT2D eigenvalue weighted by atomic mass is 10.0. The Morgan fingerprint density at radius 3 is 2.44 bits per heavy atom. The molecule has 1 aliphatic rings. The van der Waals surface area contributed by atoms with E-state index in [1.807, 2.05) is 12.1 Å². The number of nitrogens with zero attached hydrogens (tertiary/aromatic N) is 1. The van der Waals surface area contributed by atoms with Gasteiger partial charge in [-0.3, -0.25) is 9.78 Å². The van der Waals surface area contributed by atoms with Gasteiger partial charge in [0.25, 0.3) is 5.91 Å². The molecular formula is C21H36N4O2. The molecule has 1 saturated heterocycles. The van der Waals surface area contributed by atoms with E-state index in [1.54, 1.807) is 6.20 Å². The third-order valence-electron chi connectivity index (χ3n) is 5.07. The molecule has 1 unspecified atom stereocenters. The van der Waals surface area contributed by atoms with Crippen LogP contribution >= 0.6 is 0 Å². The van der Waals surface area contributed by atoms with Crippen molar-refractivity contribution in [3.8, 4) is 0 Å². The van der Waals surface area contributed by atoms with Crippen LogP contribution in [0.5, 0.6) is 0 Å². The Kier molecular flexibility index (Phi) is 11.0. The maximum absolute atomic E-state index is 12.6. The highest BCUT2D eigenvalue weighted by Crippen LogP contribution is 2.16. The average molecular weight is 377 g/mol. The number of aliphatic hydroxyl groups excluding tert-OH is 1. The van der Waals surface area contributed by atoms with Crippen molar-refractivity contribution in [1.29, 1.82) is 0 Å². The van der Waals surface area contributed by atoms with Crippen LogP contribution in [0.15, 0.2) is 18.3 Å². The molecule has 2 rings (SSSR count). The van der Waals surface area contributed by atoms with Gasteiger partial charge in [-0.2, -0.15) is 0 Å². The number of carbonyl (C=O) groups is 1. The molecule has 0 aromatic carbocycles. The first-order valence-electron chi connectivity index (χ1n) is 10.6. The number of aromatic nitrogens is 1. The molecule has 152 valence electrons. The summed E-state index contributed by atoms with van der Waals surface area (Å²) in [7, 11) is 0. The zero-order valence-electron chi connectivity index (χ0n) is 16.5. The van der Waals surface area contributed by atoms with Crippen LogP contribution in [0.4, 0.5) is 0 Å². The van der Waals surface area contributed by atoms with Crippen molar-refractivity contribution in [3.63, 3.8) is 0 Å². The molecule has 0 bridgehead atoms. The summed E-state index contributed by atoms with van der Waals surface area (Å²) in [4.78, 5) is 17.0. The molecule has 1 aromatic heterocycles. The normalized spacial score (nSPS) is 17.0. The van der Waals surface area contributed by atoms with E-state index in [0.717, 1.165) is 57.6 Å². The number of rotatable bonds is 13. The quantitative estimate of drug-likeness (QED) is 0.398. The molecule has 1 amide bonds. The molecule has 0 spiro atoms. The highest BCUT2D eigenvalue weighted by Gasteiger charge is 2.21. The van der Waals surface area contributed by atoms with E-state index >= 15 is 0 Å². The van der Waals surface area contributed by atoms with Crippen LogP contribution in [0.2, 0.25) is 0 Å². The van der Waals surface area contributed by atoms with Crippen molar-refractivity contribution in [2.24, 2.45) is 0 Å². The Bertz CT molecular complexity index is 533. The minimum absolute atomic E-state index is 0.0191. The summed E-state index contributed by atoms with van der Waals surface area (Å²) in [6.45, 7) is 3.69. The number of amides is 1. The van der Waals surface area contributed by atoms with Crippen LogP contribution in [-0.4, -0.2) is 48.8 Å². The number of aliphatic hydroxyl groups is 1. The molecule has 6 nitrogen and oxygen atoms in total. The highest BCUT2D eigenvalue weighted by molar-refractivity contribution is 5.95. The van der Waals surface area contributed by atoms with Crippen LogP contribution in [0.1, 0.15) is 79.9 Å². The largest absolute Gasteiger partial charge is 0.396 e. The zero-order chi connectivity index (χ0) is 19.2. The van der Waals surface area contributed by atoms with E-state index < -0.39 is 0 Å². The lowest BCUT2D eigenvalue weighted by Crippen LogP contribution is -2.43. The summed E-state index contributed by atoms with van der Waals surface area (Å²) in [6.07, 6.45) is 12.3. The lowest BCUT2D eigenvalue weighted by Gasteiger charge is -2.25. The van der Waals surface area contributed by atoms with Crippen molar-refractivity contribution < 1.29 is 9.90 Å². The van der Waals surface area contributed by atoms with Gasteiger partial charge in [0.15, 0.2) is 0 Å². The molecule has 6 heteroatoms. The first kappa shape index (κ1) is 21.8. The Balaban J connectivity index is 1.59. The molecule has 4 N–H and O–H groups in total. The Morgan fingerprint density at radius 2 is 1.78 bits per heavy atom. The van der Waals surface area contributed by atoms with Gasteiger partial charge in [-0.15, -0.1) is 0 Å². The van der Waals surface area contributed by atoms with Gasteiger partial charge in [-0.1, -0.05) is 44.9 Å². The third kappa shape index (κ3) is 8.37. The highest BCUT2D eigenvalue weighted by atomic mass is 16.2. The van der Waals surface area contributed by atoms with Gasteiger partial charge in [0.2, 0.25) is 0 Å². The summed E-state index contributed by atoms with van der Waals surface area (Å²) in [5.41, 5.74) is 1.52. The van der Waals surface area contributed by atoms with Crippen LogP contribution in [0.25, 0.3) is 0 Å². The fraction of sp³-hybridized carbons (Fsp3) is 0.714. The topological polar surface area (TPSA) is 86.3 Å². The zero-order valence-corrected chi connectivity index (χ0v) is 16.5. The number of unbranched alkanes of at least 4 members (excludes halogenated alkanes) is 8. The lowest BCUT2D eigenvalue weighted by molar-refractivity contribution is 0.0950. The number of nitrogens with one attached hydrogen (secondary N) is 3. The van der Waals surface area contributed by atoms with Gasteiger partial charge in [0, 0.05) is 39.0 Å². The molecule has 1 atom stereocenters. The fourth-order valence-corrected chi connectivity index (χ4v) is 3.51. The van der Waals surface area contributed by atoms with E-state index in [2.05, 4.69) is 20.9 Å². The minimum atomic E-state index is -0.0191. The Hall–Kier alpha value is -1.50. The van der Waals surface area contributed by atoms with Crippen LogP contribution < -0.4 is 16.0 Å². The standard InChI is InChI=1S/C21H36N4O2/c26-16-9-7-5-3-1-2-4-6-8-12-25-21(27)18-11-10-13-24-20(18)19-17-22-14-15-23-19/h10-11,13,19,22-23,26H,1-9,12,14-17H2,(H,25,27). The number of piperazine rings is 1. The van der Waals surface area contributed by atoms with Gasteiger partial charge >= 0.3 is 0 Å². The maximum Gasteiger partial charge on any atom is 0.253 e. The second-order valence-electron chi connectivity index (χ2n) is 7.31. The summed E-state index contributed by atoms with van der Waals surface area (Å²) >= 11 is 0. The van der Waals surface area contributed by atoms with E-state index in [9.17, 15) is 4.79 Å². The first-order chi connectivity index (χ1) is 13.3. The smallest absolute Gasteiger partial charge is 0.253 e. The average Bonchev–Trinajstić information content (AvgIpc) is 2.72. The molecule has 0 saturated carbocycles. The fourth-order valence-electron chi connectivity index (χ4n) is 3.51. The van der Waals surface area contributed by atoms with Crippen LogP contribution in [0.3, 0.4) is 0 Å². The van der Waals surface area contributed by atoms with Crippen LogP contribution in [0, 0.1) is 0 Å². The van der Waals surface area contributed by atoms with Gasteiger partial charge in [0.1, 0.15) is 0 Å². The van der Waals surface area contributed by atoms with E-state index in [-0.39, 0.29) is 11.9 Å². The SMILES string of the molecule is O=C(NCCCCCCCCCCCO)c1cccnc1C1CNCCN1. The third-order valence-corrected chi connectivity index (χ3v) is 5.07. The number of pyridine rings is 1. The second-order valence-corrected chi connectivity index (χ2v) is 7.31.